The number of hydrogen-bond donors (Lipinski definition) is 1. The summed E-state index contributed by atoms with van der Waals surface area (Å²) in [6.07, 6.45) is 8.04. The van der Waals surface area contributed by atoms with E-state index in [9.17, 15) is 0 Å². The van der Waals surface area contributed by atoms with Gasteiger partial charge in [0.1, 0.15) is 5.84 Å². The molecule has 0 radical (unpaired) electrons. The van der Waals surface area contributed by atoms with Crippen LogP contribution in [0.25, 0.3) is 0 Å². The van der Waals surface area contributed by atoms with Gasteiger partial charge in [-0.05, 0) is 24.7 Å². The van der Waals surface area contributed by atoms with Crippen molar-refractivity contribution in [1.82, 2.24) is 4.90 Å². The highest BCUT2D eigenvalue weighted by atomic mass is 16.4. The molecule has 0 spiro atoms. The van der Waals surface area contributed by atoms with Crippen LogP contribution in [0.4, 0.5) is 0 Å². The molecule has 3 rings (SSSR count). The fraction of sp³-hybridized carbons (Fsp3) is 0.917. The molecule has 1 aliphatic heterocycles. The lowest BCUT2D eigenvalue weighted by atomic mass is 9.65. The van der Waals surface area contributed by atoms with Gasteiger partial charge in [0, 0.05) is 19.0 Å². The van der Waals surface area contributed by atoms with E-state index in [1.807, 2.05) is 0 Å². The molecule has 84 valence electrons. The first-order chi connectivity index (χ1) is 7.33. The molecule has 2 aliphatic carbocycles. The number of amidine groups is 1. The number of likely N-dealkylation sites (tertiary alicyclic amines) is 1. The van der Waals surface area contributed by atoms with Crippen molar-refractivity contribution in [3.63, 3.8) is 0 Å². The molecule has 2 saturated carbocycles. The highest BCUT2D eigenvalue weighted by Crippen LogP contribution is 2.50. The molecule has 1 saturated heterocycles. The normalized spacial score (nSPS) is 47.0. The molecule has 0 aromatic heterocycles. The van der Waals surface area contributed by atoms with Crippen LogP contribution in [0.1, 0.15) is 38.5 Å². The molecule has 3 aliphatic rings. The van der Waals surface area contributed by atoms with Gasteiger partial charge in [-0.2, -0.15) is 0 Å². The maximum atomic E-state index is 9.14. The van der Waals surface area contributed by atoms with Gasteiger partial charge in [0.05, 0.1) is 0 Å². The Morgan fingerprint density at radius 3 is 2.67 bits per heavy atom. The van der Waals surface area contributed by atoms with Crippen molar-refractivity contribution in [3.8, 4) is 0 Å². The Labute approximate surface area is 91.1 Å². The average Bonchev–Trinajstić information content (AvgIpc) is 2.55. The summed E-state index contributed by atoms with van der Waals surface area (Å²) in [6, 6.07) is 0.667. The first-order valence-electron chi connectivity index (χ1n) is 6.27. The Kier molecular flexibility index (Phi) is 2.15. The third-order valence-corrected chi connectivity index (χ3v) is 4.91. The zero-order valence-corrected chi connectivity index (χ0v) is 9.39. The van der Waals surface area contributed by atoms with Crippen LogP contribution in [-0.2, 0) is 0 Å². The lowest BCUT2D eigenvalue weighted by Crippen LogP contribution is -2.38. The summed E-state index contributed by atoms with van der Waals surface area (Å²) in [6.45, 7) is 0. The van der Waals surface area contributed by atoms with Crippen molar-refractivity contribution in [2.45, 2.75) is 44.6 Å². The molecule has 0 bridgehead atoms. The second-order valence-electron chi connectivity index (χ2n) is 5.44. The lowest BCUT2D eigenvalue weighted by molar-refractivity contribution is 0.105. The maximum absolute atomic E-state index is 9.14. The van der Waals surface area contributed by atoms with Gasteiger partial charge in [-0.25, -0.2) is 0 Å². The first-order valence-corrected chi connectivity index (χ1v) is 6.27. The van der Waals surface area contributed by atoms with Crippen LogP contribution in [0, 0.1) is 17.8 Å². The van der Waals surface area contributed by atoms with Gasteiger partial charge in [-0.15, -0.1) is 0 Å². The van der Waals surface area contributed by atoms with Crippen LogP contribution in [-0.4, -0.2) is 29.0 Å². The van der Waals surface area contributed by atoms with Crippen molar-refractivity contribution in [2.75, 3.05) is 7.05 Å². The molecular formula is C12H20N2O. The Morgan fingerprint density at radius 2 is 1.93 bits per heavy atom. The van der Waals surface area contributed by atoms with Crippen molar-refractivity contribution in [3.05, 3.63) is 0 Å². The molecule has 15 heavy (non-hydrogen) atoms. The Bertz CT molecular complexity index is 287. The number of nitrogens with zero attached hydrogens (tertiary/aromatic N) is 2. The molecular weight excluding hydrogens is 188 g/mol. The van der Waals surface area contributed by atoms with Crippen LogP contribution in [0.3, 0.4) is 0 Å². The summed E-state index contributed by atoms with van der Waals surface area (Å²) in [5.74, 6) is 3.23. The predicted octanol–water partition coefficient (Wildman–Crippen LogP) is 2.30. The lowest BCUT2D eigenvalue weighted by Gasteiger charge is -2.40. The second-order valence-corrected chi connectivity index (χ2v) is 5.44. The summed E-state index contributed by atoms with van der Waals surface area (Å²) >= 11 is 0. The zero-order chi connectivity index (χ0) is 10.4. The van der Waals surface area contributed by atoms with E-state index < -0.39 is 0 Å². The molecule has 3 fully saturated rings. The minimum atomic E-state index is 0.559. The van der Waals surface area contributed by atoms with E-state index in [-0.39, 0.29) is 0 Å². The molecule has 3 heteroatoms. The van der Waals surface area contributed by atoms with Crippen LogP contribution < -0.4 is 0 Å². The summed E-state index contributed by atoms with van der Waals surface area (Å²) in [5.41, 5.74) is 0. The Morgan fingerprint density at radius 1 is 1.20 bits per heavy atom. The van der Waals surface area contributed by atoms with Crippen molar-refractivity contribution in [2.24, 2.45) is 22.9 Å². The minimum absolute atomic E-state index is 0.559. The van der Waals surface area contributed by atoms with Crippen LogP contribution in [0.2, 0.25) is 0 Å². The van der Waals surface area contributed by atoms with Crippen molar-refractivity contribution >= 4 is 5.84 Å². The van der Waals surface area contributed by atoms with Gasteiger partial charge in [0.25, 0.3) is 0 Å². The van der Waals surface area contributed by atoms with E-state index in [0.717, 1.165) is 17.7 Å². The van der Waals surface area contributed by atoms with E-state index in [4.69, 9.17) is 5.21 Å². The monoisotopic (exact) mass is 208 g/mol. The summed E-state index contributed by atoms with van der Waals surface area (Å²) in [7, 11) is 2.11. The highest BCUT2D eigenvalue weighted by molar-refractivity contribution is 5.87. The molecule has 1 N–H and O–H groups in total. The second kappa shape index (κ2) is 3.39. The van der Waals surface area contributed by atoms with E-state index in [1.165, 1.54) is 38.5 Å². The predicted molar refractivity (Wildman–Crippen MR) is 58.9 cm³/mol. The topological polar surface area (TPSA) is 35.8 Å². The maximum Gasteiger partial charge on any atom is 0.147 e. The third kappa shape index (κ3) is 1.21. The van der Waals surface area contributed by atoms with E-state index in [0.29, 0.717) is 12.0 Å². The van der Waals surface area contributed by atoms with Crippen LogP contribution in [0.5, 0.6) is 0 Å². The van der Waals surface area contributed by atoms with Gasteiger partial charge in [-0.3, -0.25) is 0 Å². The molecule has 4 atom stereocenters. The molecule has 3 nitrogen and oxygen atoms in total. The summed E-state index contributed by atoms with van der Waals surface area (Å²) < 4.78 is 0. The molecule has 1 heterocycles. The highest BCUT2D eigenvalue weighted by Gasteiger charge is 2.51. The largest absolute Gasteiger partial charge is 0.409 e. The van der Waals surface area contributed by atoms with Gasteiger partial charge >= 0.3 is 0 Å². The summed E-state index contributed by atoms with van der Waals surface area (Å²) in [5, 5.41) is 12.7. The van der Waals surface area contributed by atoms with Crippen LogP contribution >= 0.6 is 0 Å². The zero-order valence-electron chi connectivity index (χ0n) is 9.39. The Balaban J connectivity index is 1.96. The van der Waals surface area contributed by atoms with Gasteiger partial charge < -0.3 is 10.1 Å². The van der Waals surface area contributed by atoms with Crippen molar-refractivity contribution in [1.29, 1.82) is 0 Å². The van der Waals surface area contributed by atoms with Gasteiger partial charge in [0.2, 0.25) is 0 Å². The Hall–Kier alpha value is -0.730. The molecule has 0 aromatic carbocycles. The average molecular weight is 208 g/mol. The number of rotatable bonds is 0. The molecule has 0 aromatic rings. The minimum Gasteiger partial charge on any atom is -0.409 e. The number of oxime groups is 1. The fourth-order valence-corrected chi connectivity index (χ4v) is 4.34. The summed E-state index contributed by atoms with van der Waals surface area (Å²) in [4.78, 5) is 2.26. The SMILES string of the molecule is CN1/C(=N\O)C2CCCC3CCCC1C32. The van der Waals surface area contributed by atoms with Crippen LogP contribution in [0.15, 0.2) is 5.16 Å². The standard InChI is InChI=1S/C12H20N2O/c1-14-10-7-3-5-8-4-2-6-9(11(8)10)12(14)13-15/h8-11,15H,2-7H2,1H3/b13-12-. The smallest absolute Gasteiger partial charge is 0.147 e. The van der Waals surface area contributed by atoms with Crippen molar-refractivity contribution < 1.29 is 5.21 Å². The van der Waals surface area contributed by atoms with Gasteiger partial charge in [0.15, 0.2) is 0 Å². The number of hydrogen-bond acceptors (Lipinski definition) is 2. The van der Waals surface area contributed by atoms with E-state index >= 15 is 0 Å². The molecule has 0 amide bonds. The quantitative estimate of drug-likeness (QED) is 0.490. The van der Waals surface area contributed by atoms with Gasteiger partial charge in [-0.1, -0.05) is 30.8 Å². The third-order valence-electron chi connectivity index (χ3n) is 4.91. The van der Waals surface area contributed by atoms with E-state index in [1.54, 1.807) is 0 Å². The fourth-order valence-electron chi connectivity index (χ4n) is 4.34. The first kappa shape index (κ1) is 9.49. The van der Waals surface area contributed by atoms with E-state index in [2.05, 4.69) is 17.1 Å². The molecule has 4 unspecified atom stereocenters.